The van der Waals surface area contributed by atoms with E-state index in [1.165, 1.54) is 11.3 Å². The van der Waals surface area contributed by atoms with Crippen molar-refractivity contribution in [1.82, 2.24) is 4.57 Å². The van der Waals surface area contributed by atoms with E-state index in [0.717, 1.165) is 11.1 Å². The van der Waals surface area contributed by atoms with Crippen molar-refractivity contribution >= 4 is 47.1 Å². The normalized spacial score (nSPS) is 15.5. The molecule has 0 saturated heterocycles. The number of rotatable bonds is 2. The lowest BCUT2D eigenvalue weighted by atomic mass is 9.91. The molecule has 1 N–H and O–H groups in total. The highest BCUT2D eigenvalue weighted by atomic mass is 32.1. The lowest BCUT2D eigenvalue weighted by Crippen LogP contribution is -2.04. The standard InChI is InChI=1S/C16H13NO2S2/c1-2-17-15(19)14(21-16(17)20)9-12-11-6-4-3-5-10(11)7-8-13(12)18/h3-9,19H,2H2,1H3. The Balaban J connectivity index is 2.18. The van der Waals surface area contributed by atoms with E-state index in [-0.39, 0.29) is 11.7 Å². The number of allylic oxidation sites excluding steroid dienone is 2. The molecule has 2 aromatic rings. The van der Waals surface area contributed by atoms with Crippen LogP contribution in [0.4, 0.5) is 0 Å². The van der Waals surface area contributed by atoms with Gasteiger partial charge in [0.25, 0.3) is 0 Å². The number of benzene rings is 1. The minimum atomic E-state index is -0.0598. The number of nitrogens with zero attached hydrogens (tertiary/aromatic N) is 1. The van der Waals surface area contributed by atoms with Gasteiger partial charge < -0.3 is 5.11 Å². The predicted octanol–water partition coefficient (Wildman–Crippen LogP) is 4.14. The summed E-state index contributed by atoms with van der Waals surface area (Å²) in [5.74, 6) is 0.0651. The third kappa shape index (κ3) is 2.39. The van der Waals surface area contributed by atoms with Gasteiger partial charge in [0.05, 0.1) is 4.88 Å². The van der Waals surface area contributed by atoms with Crippen molar-refractivity contribution in [2.24, 2.45) is 0 Å². The van der Waals surface area contributed by atoms with Crippen LogP contribution in [0.15, 0.2) is 30.3 Å². The largest absolute Gasteiger partial charge is 0.493 e. The average Bonchev–Trinajstić information content (AvgIpc) is 2.76. The molecule has 1 aliphatic carbocycles. The molecule has 0 bridgehead atoms. The van der Waals surface area contributed by atoms with Crippen LogP contribution in [0.1, 0.15) is 22.9 Å². The summed E-state index contributed by atoms with van der Waals surface area (Å²) in [6.45, 7) is 2.53. The van der Waals surface area contributed by atoms with Crippen LogP contribution in [0.25, 0.3) is 17.7 Å². The molecule has 3 nitrogen and oxygen atoms in total. The molecule has 1 aromatic heterocycles. The Morgan fingerprint density at radius 2 is 2.10 bits per heavy atom. The third-order valence-electron chi connectivity index (χ3n) is 3.42. The summed E-state index contributed by atoms with van der Waals surface area (Å²) in [5.41, 5.74) is 2.47. The zero-order chi connectivity index (χ0) is 15.0. The topological polar surface area (TPSA) is 42.2 Å². The van der Waals surface area contributed by atoms with Crippen LogP contribution < -0.4 is 0 Å². The molecule has 1 heterocycles. The Bertz CT molecular complexity index is 840. The maximum atomic E-state index is 12.2. The Labute approximate surface area is 131 Å². The number of hydrogen-bond donors (Lipinski definition) is 1. The molecule has 0 saturated carbocycles. The highest BCUT2D eigenvalue weighted by Gasteiger charge is 2.18. The maximum absolute atomic E-state index is 12.2. The van der Waals surface area contributed by atoms with Gasteiger partial charge in [0, 0.05) is 12.1 Å². The van der Waals surface area contributed by atoms with E-state index < -0.39 is 0 Å². The molecule has 5 heteroatoms. The van der Waals surface area contributed by atoms with Gasteiger partial charge >= 0.3 is 0 Å². The smallest absolute Gasteiger partial charge is 0.210 e. The number of carbonyl (C=O) groups excluding carboxylic acids is 1. The molecule has 0 fully saturated rings. The Morgan fingerprint density at radius 1 is 1.33 bits per heavy atom. The van der Waals surface area contributed by atoms with Gasteiger partial charge in [0.1, 0.15) is 0 Å². The third-order valence-corrected chi connectivity index (χ3v) is 4.80. The second-order valence-electron chi connectivity index (χ2n) is 4.64. The highest BCUT2D eigenvalue weighted by molar-refractivity contribution is 7.73. The predicted molar refractivity (Wildman–Crippen MR) is 88.8 cm³/mol. The number of carbonyl (C=O) groups is 1. The molecule has 3 rings (SSSR count). The maximum Gasteiger partial charge on any atom is 0.210 e. The average molecular weight is 315 g/mol. The molecule has 0 radical (unpaired) electrons. The van der Waals surface area contributed by atoms with E-state index in [1.807, 2.05) is 37.3 Å². The molecule has 0 amide bonds. The fraction of sp³-hybridized carbons (Fsp3) is 0.125. The van der Waals surface area contributed by atoms with Crippen LogP contribution in [0.5, 0.6) is 5.88 Å². The van der Waals surface area contributed by atoms with Crippen LogP contribution in [-0.4, -0.2) is 15.5 Å². The molecular weight excluding hydrogens is 302 g/mol. The fourth-order valence-corrected chi connectivity index (χ4v) is 3.72. The summed E-state index contributed by atoms with van der Waals surface area (Å²) in [5, 5.41) is 10.2. The fourth-order valence-electron chi connectivity index (χ4n) is 2.34. The van der Waals surface area contributed by atoms with E-state index >= 15 is 0 Å². The molecule has 0 atom stereocenters. The second-order valence-corrected chi connectivity index (χ2v) is 6.32. The molecular formula is C16H13NO2S2. The number of thiazole rings is 1. The number of ketones is 1. The molecule has 106 valence electrons. The zero-order valence-corrected chi connectivity index (χ0v) is 13.0. The number of aromatic nitrogens is 1. The van der Waals surface area contributed by atoms with E-state index in [9.17, 15) is 9.90 Å². The first-order chi connectivity index (χ1) is 10.1. The minimum absolute atomic E-state index is 0.0598. The molecule has 0 spiro atoms. The van der Waals surface area contributed by atoms with E-state index in [1.54, 1.807) is 16.7 Å². The number of fused-ring (bicyclic) bond motifs is 1. The summed E-state index contributed by atoms with van der Waals surface area (Å²) in [6.07, 6.45) is 5.10. The van der Waals surface area contributed by atoms with Crippen molar-refractivity contribution in [1.29, 1.82) is 0 Å². The van der Waals surface area contributed by atoms with E-state index in [0.29, 0.717) is 20.9 Å². The lowest BCUT2D eigenvalue weighted by molar-refractivity contribution is -0.109. The van der Waals surface area contributed by atoms with Gasteiger partial charge in [-0.2, -0.15) is 0 Å². The molecule has 0 unspecified atom stereocenters. The molecule has 1 aromatic carbocycles. The van der Waals surface area contributed by atoms with Gasteiger partial charge in [-0.1, -0.05) is 30.3 Å². The van der Waals surface area contributed by atoms with Gasteiger partial charge in [-0.05, 0) is 42.4 Å². The van der Waals surface area contributed by atoms with Crippen LogP contribution in [0.2, 0.25) is 0 Å². The highest BCUT2D eigenvalue weighted by Crippen LogP contribution is 2.33. The monoisotopic (exact) mass is 315 g/mol. The summed E-state index contributed by atoms with van der Waals surface area (Å²) >= 11 is 6.54. The van der Waals surface area contributed by atoms with Gasteiger partial charge in [0.2, 0.25) is 5.88 Å². The van der Waals surface area contributed by atoms with Gasteiger partial charge in [-0.3, -0.25) is 9.36 Å². The second kappa shape index (κ2) is 5.42. The zero-order valence-electron chi connectivity index (χ0n) is 11.4. The Hall–Kier alpha value is -1.98. The van der Waals surface area contributed by atoms with Crippen molar-refractivity contribution in [2.75, 3.05) is 0 Å². The quantitative estimate of drug-likeness (QED) is 0.669. The van der Waals surface area contributed by atoms with Crippen molar-refractivity contribution in [3.8, 4) is 5.88 Å². The first-order valence-electron chi connectivity index (χ1n) is 6.58. The van der Waals surface area contributed by atoms with Crippen LogP contribution >= 0.6 is 23.6 Å². The van der Waals surface area contributed by atoms with Crippen molar-refractivity contribution in [3.05, 3.63) is 50.3 Å². The first kappa shape index (κ1) is 14.0. The van der Waals surface area contributed by atoms with Crippen molar-refractivity contribution in [2.45, 2.75) is 13.5 Å². The van der Waals surface area contributed by atoms with Crippen LogP contribution in [-0.2, 0) is 11.3 Å². The summed E-state index contributed by atoms with van der Waals surface area (Å²) < 4.78 is 2.26. The van der Waals surface area contributed by atoms with Crippen LogP contribution in [0, 0.1) is 3.95 Å². The summed E-state index contributed by atoms with van der Waals surface area (Å²) in [4.78, 5) is 12.8. The minimum Gasteiger partial charge on any atom is -0.493 e. The summed E-state index contributed by atoms with van der Waals surface area (Å²) in [6, 6.07) is 7.71. The van der Waals surface area contributed by atoms with E-state index in [4.69, 9.17) is 12.2 Å². The SMILES string of the molecule is CCn1c(O)c(C=C2C(=O)C=Cc3ccccc32)sc1=S. The van der Waals surface area contributed by atoms with Crippen molar-refractivity contribution < 1.29 is 9.90 Å². The molecule has 21 heavy (non-hydrogen) atoms. The van der Waals surface area contributed by atoms with Gasteiger partial charge in [-0.15, -0.1) is 11.3 Å². The summed E-state index contributed by atoms with van der Waals surface area (Å²) in [7, 11) is 0. The number of hydrogen-bond acceptors (Lipinski definition) is 4. The van der Waals surface area contributed by atoms with Crippen LogP contribution in [0.3, 0.4) is 0 Å². The molecule has 0 aliphatic heterocycles. The van der Waals surface area contributed by atoms with E-state index in [2.05, 4.69) is 0 Å². The van der Waals surface area contributed by atoms with Gasteiger partial charge in [-0.25, -0.2) is 0 Å². The Morgan fingerprint density at radius 3 is 2.81 bits per heavy atom. The van der Waals surface area contributed by atoms with Crippen molar-refractivity contribution in [3.63, 3.8) is 0 Å². The Kier molecular flexibility index (Phi) is 3.61. The molecule has 1 aliphatic rings. The first-order valence-corrected chi connectivity index (χ1v) is 7.80. The van der Waals surface area contributed by atoms with Gasteiger partial charge in [0.15, 0.2) is 9.74 Å². The number of aromatic hydroxyl groups is 1. The lowest BCUT2D eigenvalue weighted by Gasteiger charge is -2.12.